The molecule has 0 bridgehead atoms. The standard InChI is InChI=1S/C24H26BF3N3O3P/c1-3-5-14(12-32)30-13-8-9-18(17(10-13)24(25,27)28)31-22(34)15-11-29-19-7-4-6-16(23(2,26)35)20(19)21(15)33/h4,6-12,30,32H,3,5,25,35H2,1-2H3,(H,29,33)(H,31,34)/b14-12+. The lowest BCUT2D eigenvalue weighted by Gasteiger charge is -2.20. The Morgan fingerprint density at radius 1 is 1.20 bits per heavy atom. The van der Waals surface area contributed by atoms with Gasteiger partial charge in [0.05, 0.1) is 11.6 Å². The summed E-state index contributed by atoms with van der Waals surface area (Å²) in [6, 6.07) is 8.53. The first-order valence-electron chi connectivity index (χ1n) is 10.9. The molecular formula is C24H26BF3N3O3P. The van der Waals surface area contributed by atoms with Crippen LogP contribution >= 0.6 is 9.24 Å². The Balaban J connectivity index is 2.02. The molecule has 0 saturated carbocycles. The number of H-pyrrole nitrogens is 1. The first-order chi connectivity index (χ1) is 16.4. The Morgan fingerprint density at radius 3 is 2.51 bits per heavy atom. The zero-order valence-electron chi connectivity index (χ0n) is 19.5. The number of anilines is 2. The number of aromatic amines is 1. The van der Waals surface area contributed by atoms with Crippen molar-refractivity contribution in [2.45, 2.75) is 37.9 Å². The van der Waals surface area contributed by atoms with E-state index in [-0.39, 0.29) is 22.2 Å². The third-order valence-corrected chi connectivity index (χ3v) is 5.71. The van der Waals surface area contributed by atoms with Crippen LogP contribution in [0.4, 0.5) is 24.5 Å². The number of aliphatic hydroxyl groups is 1. The summed E-state index contributed by atoms with van der Waals surface area (Å²) in [5.41, 5.74) is -0.584. The molecule has 2 aromatic carbocycles. The number of hydrogen-bond acceptors (Lipinski definition) is 4. The SMILES string of the molecule is BC(F)(F)c1cc(N/C(=C/O)CCC)ccc1NC(=O)c1c[nH]c2cccc(C(C)(F)P)c2c1=O. The Bertz CT molecular complexity index is 1350. The highest BCUT2D eigenvalue weighted by Gasteiger charge is 2.30. The summed E-state index contributed by atoms with van der Waals surface area (Å²) in [6.07, 6.45) is 3.28. The van der Waals surface area contributed by atoms with Crippen LogP contribution in [0.5, 0.6) is 0 Å². The number of rotatable bonds is 8. The zero-order valence-corrected chi connectivity index (χ0v) is 20.7. The van der Waals surface area contributed by atoms with E-state index in [2.05, 4.69) is 15.6 Å². The first-order valence-corrected chi connectivity index (χ1v) is 11.5. The van der Waals surface area contributed by atoms with Gasteiger partial charge in [-0.2, -0.15) is 0 Å². The molecular weight excluding hydrogens is 477 g/mol. The smallest absolute Gasteiger partial charge is 0.261 e. The van der Waals surface area contributed by atoms with E-state index in [9.17, 15) is 27.9 Å². The molecule has 2 atom stereocenters. The molecule has 35 heavy (non-hydrogen) atoms. The summed E-state index contributed by atoms with van der Waals surface area (Å²) < 4.78 is 43.6. The van der Waals surface area contributed by atoms with Crippen LogP contribution in [-0.2, 0) is 11.2 Å². The monoisotopic (exact) mass is 503 g/mol. The Labute approximate surface area is 203 Å². The summed E-state index contributed by atoms with van der Waals surface area (Å²) in [4.78, 5) is 28.9. The number of halogens is 3. The normalized spacial score (nSPS) is 13.9. The second-order valence-corrected chi connectivity index (χ2v) is 9.55. The van der Waals surface area contributed by atoms with Gasteiger partial charge in [0.1, 0.15) is 11.0 Å². The van der Waals surface area contributed by atoms with Gasteiger partial charge in [-0.25, -0.2) is 13.2 Å². The summed E-state index contributed by atoms with van der Waals surface area (Å²) in [7, 11) is 2.70. The predicted octanol–water partition coefficient (Wildman–Crippen LogP) is 5.09. The fourth-order valence-electron chi connectivity index (χ4n) is 3.74. The van der Waals surface area contributed by atoms with Gasteiger partial charge in [0.15, 0.2) is 7.85 Å². The van der Waals surface area contributed by atoms with E-state index in [4.69, 9.17) is 0 Å². The van der Waals surface area contributed by atoms with Gasteiger partial charge in [0.2, 0.25) is 11.3 Å². The lowest BCUT2D eigenvalue weighted by Crippen LogP contribution is -2.25. The molecule has 2 unspecified atom stereocenters. The highest BCUT2D eigenvalue weighted by molar-refractivity contribution is 7.18. The fourth-order valence-corrected chi connectivity index (χ4v) is 3.98. The number of aliphatic hydroxyl groups excluding tert-OH is 1. The molecule has 3 rings (SSSR count). The van der Waals surface area contributed by atoms with Crippen LogP contribution in [-0.4, -0.2) is 23.8 Å². The average molecular weight is 503 g/mol. The van der Waals surface area contributed by atoms with Crippen LogP contribution in [0.25, 0.3) is 10.9 Å². The predicted molar refractivity (Wildman–Crippen MR) is 139 cm³/mol. The van der Waals surface area contributed by atoms with Crippen LogP contribution in [0, 0.1) is 0 Å². The molecule has 0 radical (unpaired) electrons. The maximum atomic E-state index is 14.7. The molecule has 184 valence electrons. The minimum Gasteiger partial charge on any atom is -0.514 e. The van der Waals surface area contributed by atoms with Crippen molar-refractivity contribution < 1.29 is 23.1 Å². The second kappa shape index (κ2) is 10.2. The van der Waals surface area contributed by atoms with E-state index in [1.54, 1.807) is 12.1 Å². The van der Waals surface area contributed by atoms with E-state index in [0.29, 0.717) is 31.2 Å². The lowest BCUT2D eigenvalue weighted by atomic mass is 9.89. The number of nitrogens with one attached hydrogen (secondary N) is 3. The third-order valence-electron chi connectivity index (χ3n) is 5.40. The van der Waals surface area contributed by atoms with Crippen LogP contribution in [0.3, 0.4) is 0 Å². The molecule has 1 amide bonds. The Kier molecular flexibility index (Phi) is 7.65. The van der Waals surface area contributed by atoms with E-state index in [1.165, 1.54) is 37.4 Å². The number of pyridine rings is 1. The Hall–Kier alpha value is -3.26. The minimum absolute atomic E-state index is 0.0000120. The third kappa shape index (κ3) is 5.88. The second-order valence-electron chi connectivity index (χ2n) is 8.47. The average Bonchev–Trinajstić information content (AvgIpc) is 2.78. The molecule has 0 aliphatic carbocycles. The molecule has 0 fully saturated rings. The van der Waals surface area contributed by atoms with Crippen molar-refractivity contribution in [3.8, 4) is 0 Å². The number of benzene rings is 2. The molecule has 0 spiro atoms. The van der Waals surface area contributed by atoms with Crippen LogP contribution in [0.1, 0.15) is 48.2 Å². The van der Waals surface area contributed by atoms with Crippen molar-refractivity contribution in [1.29, 1.82) is 0 Å². The van der Waals surface area contributed by atoms with Gasteiger partial charge in [-0.15, -0.1) is 0 Å². The van der Waals surface area contributed by atoms with Gasteiger partial charge >= 0.3 is 0 Å². The number of amides is 1. The summed E-state index contributed by atoms with van der Waals surface area (Å²) in [5, 5.41) is 12.7. The number of alkyl halides is 3. The van der Waals surface area contributed by atoms with Crippen LogP contribution in [0.15, 0.2) is 59.3 Å². The fraction of sp³-hybridized carbons (Fsp3) is 0.250. The summed E-state index contributed by atoms with van der Waals surface area (Å²) in [5.74, 6) is -4.24. The highest BCUT2D eigenvalue weighted by atomic mass is 31.0. The largest absolute Gasteiger partial charge is 0.514 e. The van der Waals surface area contributed by atoms with Crippen molar-refractivity contribution in [2.75, 3.05) is 10.6 Å². The number of aromatic nitrogens is 1. The lowest BCUT2D eigenvalue weighted by molar-refractivity contribution is 0.0946. The molecule has 1 heterocycles. The first kappa shape index (κ1) is 26.4. The van der Waals surface area contributed by atoms with Crippen LogP contribution < -0.4 is 16.1 Å². The van der Waals surface area contributed by atoms with Crippen molar-refractivity contribution in [3.05, 3.63) is 81.5 Å². The van der Waals surface area contributed by atoms with Gasteiger partial charge < -0.3 is 20.7 Å². The maximum absolute atomic E-state index is 14.7. The van der Waals surface area contributed by atoms with E-state index < -0.39 is 28.1 Å². The number of carbonyl (C=O) groups excluding carboxylic acids is 1. The molecule has 0 saturated heterocycles. The van der Waals surface area contributed by atoms with Gasteiger partial charge in [-0.1, -0.05) is 34.7 Å². The molecule has 4 N–H and O–H groups in total. The maximum Gasteiger partial charge on any atom is 0.261 e. The van der Waals surface area contributed by atoms with Crippen molar-refractivity contribution in [2.24, 2.45) is 0 Å². The van der Waals surface area contributed by atoms with Crippen molar-refractivity contribution in [3.63, 3.8) is 0 Å². The molecule has 6 nitrogen and oxygen atoms in total. The van der Waals surface area contributed by atoms with E-state index in [0.717, 1.165) is 12.7 Å². The molecule has 0 aliphatic rings. The van der Waals surface area contributed by atoms with E-state index >= 15 is 0 Å². The summed E-state index contributed by atoms with van der Waals surface area (Å²) >= 11 is 0. The van der Waals surface area contributed by atoms with Crippen molar-refractivity contribution in [1.82, 2.24) is 4.98 Å². The molecule has 3 aromatic rings. The van der Waals surface area contributed by atoms with Gasteiger partial charge in [0.25, 0.3) is 5.91 Å². The zero-order chi connectivity index (χ0) is 26.0. The molecule has 11 heteroatoms. The van der Waals surface area contributed by atoms with Gasteiger partial charge in [-0.05, 0) is 37.6 Å². The summed E-state index contributed by atoms with van der Waals surface area (Å²) in [6.45, 7) is 3.17. The number of carbonyl (C=O) groups is 1. The topological polar surface area (TPSA) is 94.2 Å². The Morgan fingerprint density at radius 2 is 1.91 bits per heavy atom. The number of allylic oxidation sites excluding steroid dienone is 1. The number of fused-ring (bicyclic) bond motifs is 1. The number of hydrogen-bond donors (Lipinski definition) is 4. The van der Waals surface area contributed by atoms with Gasteiger partial charge in [-0.3, -0.25) is 9.59 Å². The van der Waals surface area contributed by atoms with Crippen LogP contribution in [0.2, 0.25) is 0 Å². The van der Waals surface area contributed by atoms with Gasteiger partial charge in [0, 0.05) is 39.9 Å². The molecule has 0 aliphatic heterocycles. The quantitative estimate of drug-likeness (QED) is 0.196. The minimum atomic E-state index is -3.33. The molecule has 1 aromatic heterocycles. The highest BCUT2D eigenvalue weighted by Crippen LogP contribution is 2.36. The van der Waals surface area contributed by atoms with E-state index in [1.807, 2.05) is 16.2 Å². The van der Waals surface area contributed by atoms with Crippen molar-refractivity contribution >= 4 is 45.3 Å².